The first-order chi connectivity index (χ1) is 9.23. The van der Waals surface area contributed by atoms with Crippen LogP contribution in [0.3, 0.4) is 0 Å². The Hall–Kier alpha value is -1.18. The smallest absolute Gasteiger partial charge is 0.243 e. The molecule has 112 valence electrons. The molecule has 1 aliphatic heterocycles. The van der Waals surface area contributed by atoms with Crippen LogP contribution in [0.2, 0.25) is 0 Å². The largest absolute Gasteiger partial charge is 0.399 e. The second-order valence-electron chi connectivity index (χ2n) is 5.32. The zero-order chi connectivity index (χ0) is 15.1. The van der Waals surface area contributed by atoms with Gasteiger partial charge in [-0.1, -0.05) is 6.92 Å². The molecule has 1 saturated heterocycles. The van der Waals surface area contributed by atoms with E-state index in [0.717, 1.165) is 6.07 Å². The van der Waals surface area contributed by atoms with Crippen molar-refractivity contribution in [2.24, 2.45) is 5.92 Å². The molecule has 0 bridgehead atoms. The number of hydrogen-bond donors (Lipinski definition) is 2. The second kappa shape index (κ2) is 5.31. The van der Waals surface area contributed by atoms with Gasteiger partial charge in [0.1, 0.15) is 5.82 Å². The molecule has 0 radical (unpaired) electrons. The lowest BCUT2D eigenvalue weighted by Gasteiger charge is -2.33. The fraction of sp³-hybridized carbons (Fsp3) is 0.538. The number of nitrogens with zero attached hydrogens (tertiary/aromatic N) is 1. The summed E-state index contributed by atoms with van der Waals surface area (Å²) in [5.41, 5.74) is 5.65. The van der Waals surface area contributed by atoms with E-state index in [4.69, 9.17) is 5.73 Å². The van der Waals surface area contributed by atoms with Crippen molar-refractivity contribution in [1.29, 1.82) is 0 Å². The molecule has 2 rings (SSSR count). The lowest BCUT2D eigenvalue weighted by Crippen LogP contribution is -2.45. The van der Waals surface area contributed by atoms with Crippen molar-refractivity contribution >= 4 is 15.7 Å². The summed E-state index contributed by atoms with van der Waals surface area (Å²) in [7, 11) is -3.84. The lowest BCUT2D eigenvalue weighted by molar-refractivity contribution is 0.0605. The molecule has 0 aliphatic carbocycles. The Morgan fingerprint density at radius 2 is 2.10 bits per heavy atom. The van der Waals surface area contributed by atoms with E-state index in [2.05, 4.69) is 0 Å². The number of β-amino-alcohol motifs (C(OH)–C–C–N with tert-alkyl or cyclic N) is 1. The summed E-state index contributed by atoms with van der Waals surface area (Å²) in [5, 5.41) is 9.83. The van der Waals surface area contributed by atoms with Crippen molar-refractivity contribution in [1.82, 2.24) is 4.31 Å². The van der Waals surface area contributed by atoms with Crippen LogP contribution in [0.25, 0.3) is 0 Å². The van der Waals surface area contributed by atoms with Gasteiger partial charge in [0, 0.05) is 24.3 Å². The quantitative estimate of drug-likeness (QED) is 0.802. The third-order valence-corrected chi connectivity index (χ3v) is 5.81. The van der Waals surface area contributed by atoms with Crippen LogP contribution in [-0.2, 0) is 10.0 Å². The Morgan fingerprint density at radius 1 is 1.45 bits per heavy atom. The van der Waals surface area contributed by atoms with E-state index < -0.39 is 21.9 Å². The summed E-state index contributed by atoms with van der Waals surface area (Å²) >= 11 is 0. The first-order valence-corrected chi connectivity index (χ1v) is 7.91. The van der Waals surface area contributed by atoms with Crippen LogP contribution >= 0.6 is 0 Å². The van der Waals surface area contributed by atoms with Crippen molar-refractivity contribution < 1.29 is 17.9 Å². The third kappa shape index (κ3) is 2.65. The van der Waals surface area contributed by atoms with Gasteiger partial charge < -0.3 is 10.8 Å². The first-order valence-electron chi connectivity index (χ1n) is 6.47. The minimum atomic E-state index is -3.84. The normalized spacial score (nSPS) is 24.8. The summed E-state index contributed by atoms with van der Waals surface area (Å²) in [6.45, 7) is 3.63. The number of anilines is 1. The highest BCUT2D eigenvalue weighted by molar-refractivity contribution is 7.89. The van der Waals surface area contributed by atoms with Gasteiger partial charge in [0.15, 0.2) is 0 Å². The summed E-state index contributed by atoms with van der Waals surface area (Å²) in [6, 6.07) is 2.36. The molecule has 1 aromatic rings. The molecule has 2 unspecified atom stereocenters. The minimum absolute atomic E-state index is 0.0271. The molecular formula is C13H19FN2O3S. The van der Waals surface area contributed by atoms with Crippen molar-refractivity contribution in [3.05, 3.63) is 23.5 Å². The lowest BCUT2D eigenvalue weighted by atomic mass is 9.98. The van der Waals surface area contributed by atoms with E-state index in [0.29, 0.717) is 13.0 Å². The molecule has 5 nitrogen and oxygen atoms in total. The number of sulfonamides is 1. The second-order valence-corrected chi connectivity index (χ2v) is 7.23. The van der Waals surface area contributed by atoms with Crippen LogP contribution in [-0.4, -0.2) is 37.0 Å². The van der Waals surface area contributed by atoms with Gasteiger partial charge >= 0.3 is 0 Å². The molecule has 1 aliphatic rings. The highest BCUT2D eigenvalue weighted by Crippen LogP contribution is 2.28. The number of aliphatic hydroxyl groups excluding tert-OH is 1. The number of piperidine rings is 1. The number of halogens is 1. The maximum absolute atomic E-state index is 13.7. The Kier molecular flexibility index (Phi) is 4.04. The molecule has 20 heavy (non-hydrogen) atoms. The zero-order valence-corrected chi connectivity index (χ0v) is 12.3. The molecular weight excluding hydrogens is 283 g/mol. The number of nitrogens with two attached hydrogens (primary N) is 1. The van der Waals surface area contributed by atoms with Gasteiger partial charge in [-0.2, -0.15) is 4.31 Å². The Balaban J connectivity index is 2.41. The maximum atomic E-state index is 13.7. The SMILES string of the molecule is Cc1c(F)cc(N)cc1S(=O)(=O)N1CCC(C)C(O)C1. The van der Waals surface area contributed by atoms with Crippen LogP contribution < -0.4 is 5.73 Å². The van der Waals surface area contributed by atoms with Crippen LogP contribution in [0.1, 0.15) is 18.9 Å². The summed E-state index contributed by atoms with van der Waals surface area (Å²) in [4.78, 5) is -0.128. The van der Waals surface area contributed by atoms with E-state index in [-0.39, 0.29) is 28.6 Å². The Labute approximate surface area is 118 Å². The van der Waals surface area contributed by atoms with E-state index in [9.17, 15) is 17.9 Å². The fourth-order valence-corrected chi connectivity index (χ4v) is 4.06. The number of rotatable bonds is 2. The van der Waals surface area contributed by atoms with E-state index in [1.165, 1.54) is 17.3 Å². The summed E-state index contributed by atoms with van der Waals surface area (Å²) < 4.78 is 40.0. The monoisotopic (exact) mass is 302 g/mol. The highest BCUT2D eigenvalue weighted by atomic mass is 32.2. The van der Waals surface area contributed by atoms with Crippen molar-refractivity contribution in [3.63, 3.8) is 0 Å². The van der Waals surface area contributed by atoms with Gasteiger partial charge in [-0.3, -0.25) is 0 Å². The van der Waals surface area contributed by atoms with E-state index in [1.807, 2.05) is 6.92 Å². The number of benzene rings is 1. The Bertz CT molecular complexity index is 618. The average Bonchev–Trinajstić information content (AvgIpc) is 2.36. The Morgan fingerprint density at radius 3 is 2.70 bits per heavy atom. The fourth-order valence-electron chi connectivity index (χ4n) is 2.32. The minimum Gasteiger partial charge on any atom is -0.399 e. The van der Waals surface area contributed by atoms with Gasteiger partial charge in [-0.15, -0.1) is 0 Å². The predicted molar refractivity (Wildman–Crippen MR) is 74.1 cm³/mol. The van der Waals surface area contributed by atoms with E-state index in [1.54, 1.807) is 0 Å². The van der Waals surface area contributed by atoms with Gasteiger partial charge in [0.2, 0.25) is 10.0 Å². The standard InChI is InChI=1S/C13H19FN2O3S/c1-8-3-4-16(7-12(8)17)20(18,19)13-6-10(15)5-11(14)9(13)2/h5-6,8,12,17H,3-4,7,15H2,1-2H3. The summed E-state index contributed by atoms with van der Waals surface area (Å²) in [5.74, 6) is -0.588. The van der Waals surface area contributed by atoms with Gasteiger partial charge in [0.25, 0.3) is 0 Å². The summed E-state index contributed by atoms with van der Waals surface area (Å²) in [6.07, 6.45) is -0.130. The van der Waals surface area contributed by atoms with Crippen LogP contribution in [0.5, 0.6) is 0 Å². The molecule has 2 atom stereocenters. The molecule has 0 saturated carbocycles. The van der Waals surface area contributed by atoms with Crippen LogP contribution in [0.15, 0.2) is 17.0 Å². The number of hydrogen-bond acceptors (Lipinski definition) is 4. The van der Waals surface area contributed by atoms with Crippen molar-refractivity contribution in [2.45, 2.75) is 31.3 Å². The van der Waals surface area contributed by atoms with Crippen LogP contribution in [0, 0.1) is 18.7 Å². The predicted octanol–water partition coefficient (Wildman–Crippen LogP) is 1.11. The van der Waals surface area contributed by atoms with Crippen molar-refractivity contribution in [3.8, 4) is 0 Å². The molecule has 7 heteroatoms. The van der Waals surface area contributed by atoms with Gasteiger partial charge in [-0.05, 0) is 31.4 Å². The van der Waals surface area contributed by atoms with Crippen molar-refractivity contribution in [2.75, 3.05) is 18.8 Å². The topological polar surface area (TPSA) is 83.6 Å². The molecule has 0 spiro atoms. The molecule has 1 aromatic carbocycles. The zero-order valence-electron chi connectivity index (χ0n) is 11.5. The first kappa shape index (κ1) is 15.2. The molecule has 1 fully saturated rings. The maximum Gasteiger partial charge on any atom is 0.243 e. The molecule has 3 N–H and O–H groups in total. The average molecular weight is 302 g/mol. The number of nitrogen functional groups attached to an aromatic ring is 1. The van der Waals surface area contributed by atoms with Gasteiger partial charge in [0.05, 0.1) is 11.0 Å². The molecule has 0 amide bonds. The third-order valence-electron chi connectivity index (χ3n) is 3.82. The van der Waals surface area contributed by atoms with E-state index >= 15 is 0 Å². The molecule has 1 heterocycles. The molecule has 0 aromatic heterocycles. The van der Waals surface area contributed by atoms with Gasteiger partial charge in [-0.25, -0.2) is 12.8 Å². The van der Waals surface area contributed by atoms with Crippen LogP contribution in [0.4, 0.5) is 10.1 Å². The number of aliphatic hydroxyl groups is 1. The highest BCUT2D eigenvalue weighted by Gasteiger charge is 2.34.